The molecule has 2 aromatic rings. The Labute approximate surface area is 122 Å². The van der Waals surface area contributed by atoms with Gasteiger partial charge in [0.1, 0.15) is 5.75 Å². The van der Waals surface area contributed by atoms with Gasteiger partial charge < -0.3 is 9.94 Å². The van der Waals surface area contributed by atoms with E-state index < -0.39 is 0 Å². The summed E-state index contributed by atoms with van der Waals surface area (Å²) in [6.07, 6.45) is 0. The number of rotatable bonds is 4. The number of allylic oxidation sites excluding steroid dienone is 1. The van der Waals surface area contributed by atoms with Gasteiger partial charge in [-0.1, -0.05) is 38.6 Å². The Morgan fingerprint density at radius 3 is 2.65 bits per heavy atom. The fourth-order valence-electron chi connectivity index (χ4n) is 1.67. The van der Waals surface area contributed by atoms with Gasteiger partial charge in [-0.05, 0) is 34.0 Å². The van der Waals surface area contributed by atoms with Crippen LogP contribution < -0.4 is 9.58 Å². The molecule has 0 saturated heterocycles. The van der Waals surface area contributed by atoms with E-state index in [1.807, 2.05) is 24.3 Å². The second-order valence-electron chi connectivity index (χ2n) is 4.65. The molecule has 0 bridgehead atoms. The number of ether oxygens (including phenoxy) is 1. The third-order valence-electron chi connectivity index (χ3n) is 2.88. The highest BCUT2D eigenvalue weighted by molar-refractivity contribution is 6.28. The maximum atomic E-state index is 11.3. The standard InChI is InChI=1S/C15H15ClN2O2/c1-10(2)11(3)12-6-4-5-7-13(12)20-15-9-8-14(16)18(19)17-15/h4-10H,3H2,1-2H3. The Bertz CT molecular complexity index is 642. The summed E-state index contributed by atoms with van der Waals surface area (Å²) in [5.74, 6) is 1.09. The third kappa shape index (κ3) is 3.08. The van der Waals surface area contributed by atoms with E-state index in [1.165, 1.54) is 6.07 Å². The van der Waals surface area contributed by atoms with Gasteiger partial charge >= 0.3 is 5.15 Å². The van der Waals surface area contributed by atoms with Crippen molar-refractivity contribution in [1.29, 1.82) is 0 Å². The molecule has 1 heterocycles. The first-order valence-corrected chi connectivity index (χ1v) is 6.59. The molecule has 1 aromatic heterocycles. The molecule has 0 saturated carbocycles. The highest BCUT2D eigenvalue weighted by atomic mass is 35.5. The topological polar surface area (TPSA) is 49.1 Å². The van der Waals surface area contributed by atoms with E-state index in [0.717, 1.165) is 11.1 Å². The first-order chi connectivity index (χ1) is 9.49. The Morgan fingerprint density at radius 1 is 1.30 bits per heavy atom. The zero-order chi connectivity index (χ0) is 14.7. The summed E-state index contributed by atoms with van der Waals surface area (Å²) in [7, 11) is 0. The summed E-state index contributed by atoms with van der Waals surface area (Å²) in [4.78, 5) is 0.316. The molecule has 0 aliphatic carbocycles. The van der Waals surface area contributed by atoms with Crippen LogP contribution in [0, 0.1) is 11.1 Å². The zero-order valence-corrected chi connectivity index (χ0v) is 12.1. The summed E-state index contributed by atoms with van der Waals surface area (Å²) >= 11 is 5.63. The highest BCUT2D eigenvalue weighted by Crippen LogP contribution is 2.31. The van der Waals surface area contributed by atoms with Crippen molar-refractivity contribution in [2.75, 3.05) is 0 Å². The van der Waals surface area contributed by atoms with E-state index >= 15 is 0 Å². The normalized spacial score (nSPS) is 10.6. The van der Waals surface area contributed by atoms with Crippen LogP contribution in [0.2, 0.25) is 5.15 Å². The van der Waals surface area contributed by atoms with Crippen molar-refractivity contribution in [3.8, 4) is 11.6 Å². The number of hydrogen-bond acceptors (Lipinski definition) is 3. The number of aromatic nitrogens is 2. The third-order valence-corrected chi connectivity index (χ3v) is 3.15. The van der Waals surface area contributed by atoms with Gasteiger partial charge in [0.15, 0.2) is 0 Å². The van der Waals surface area contributed by atoms with Crippen molar-refractivity contribution < 1.29 is 9.58 Å². The van der Waals surface area contributed by atoms with Crippen molar-refractivity contribution in [2.24, 2.45) is 5.92 Å². The fourth-order valence-corrected chi connectivity index (χ4v) is 1.77. The molecule has 20 heavy (non-hydrogen) atoms. The van der Waals surface area contributed by atoms with E-state index in [0.29, 0.717) is 16.5 Å². The van der Waals surface area contributed by atoms with Crippen molar-refractivity contribution in [3.63, 3.8) is 0 Å². The van der Waals surface area contributed by atoms with Crippen molar-refractivity contribution in [3.05, 3.63) is 58.9 Å². The molecule has 2 rings (SSSR count). The average molecular weight is 291 g/mol. The number of halogens is 1. The van der Waals surface area contributed by atoms with Crippen LogP contribution in [-0.4, -0.2) is 5.10 Å². The Hall–Kier alpha value is -2.07. The van der Waals surface area contributed by atoms with E-state index in [2.05, 4.69) is 25.5 Å². The lowest BCUT2D eigenvalue weighted by Gasteiger charge is -2.14. The lowest BCUT2D eigenvalue weighted by molar-refractivity contribution is -0.667. The van der Waals surface area contributed by atoms with Gasteiger partial charge in [-0.25, -0.2) is 0 Å². The number of para-hydroxylation sites is 1. The predicted molar refractivity (Wildman–Crippen MR) is 78.6 cm³/mol. The van der Waals surface area contributed by atoms with Crippen LogP contribution in [-0.2, 0) is 0 Å². The van der Waals surface area contributed by atoms with Crippen LogP contribution >= 0.6 is 11.6 Å². The molecule has 0 fully saturated rings. The Morgan fingerprint density at radius 2 is 2.00 bits per heavy atom. The Kier molecular flexibility index (Phi) is 4.25. The van der Waals surface area contributed by atoms with Crippen LogP contribution in [0.25, 0.3) is 5.57 Å². The van der Waals surface area contributed by atoms with Gasteiger partial charge in [0, 0.05) is 17.7 Å². The summed E-state index contributed by atoms with van der Waals surface area (Å²) < 4.78 is 5.67. The van der Waals surface area contributed by atoms with Gasteiger partial charge in [0.2, 0.25) is 0 Å². The SMILES string of the molecule is C=C(c1ccccc1Oc1ccc(Cl)[n+]([O-])n1)C(C)C. The molecular formula is C15H15ClN2O2. The van der Waals surface area contributed by atoms with E-state index in [4.69, 9.17) is 16.3 Å². The second-order valence-corrected chi connectivity index (χ2v) is 5.03. The lowest BCUT2D eigenvalue weighted by atomic mass is 9.96. The average Bonchev–Trinajstić information content (AvgIpc) is 2.42. The molecule has 0 radical (unpaired) electrons. The van der Waals surface area contributed by atoms with Crippen LogP contribution in [0.15, 0.2) is 43.0 Å². The zero-order valence-electron chi connectivity index (χ0n) is 11.3. The first-order valence-electron chi connectivity index (χ1n) is 6.21. The van der Waals surface area contributed by atoms with Crippen molar-refractivity contribution in [2.45, 2.75) is 13.8 Å². The number of hydrogen-bond donors (Lipinski definition) is 0. The summed E-state index contributed by atoms with van der Waals surface area (Å²) in [5.41, 5.74) is 1.86. The maximum absolute atomic E-state index is 11.3. The van der Waals surface area contributed by atoms with Crippen LogP contribution in [0.3, 0.4) is 0 Å². The van der Waals surface area contributed by atoms with Gasteiger partial charge in [-0.2, -0.15) is 0 Å². The first kappa shape index (κ1) is 14.3. The quantitative estimate of drug-likeness (QED) is 0.635. The van der Waals surface area contributed by atoms with Crippen LogP contribution in [0.4, 0.5) is 0 Å². The predicted octanol–water partition coefficient (Wildman–Crippen LogP) is 3.83. The lowest BCUT2D eigenvalue weighted by Crippen LogP contribution is -2.32. The summed E-state index contributed by atoms with van der Waals surface area (Å²) in [5, 5.41) is 15.0. The Balaban J connectivity index is 2.34. The molecule has 0 unspecified atom stereocenters. The monoisotopic (exact) mass is 290 g/mol. The summed E-state index contributed by atoms with van der Waals surface area (Å²) in [6, 6.07) is 10.5. The van der Waals surface area contributed by atoms with E-state index in [9.17, 15) is 5.21 Å². The molecule has 104 valence electrons. The molecule has 0 aliphatic rings. The molecule has 0 amide bonds. The molecule has 0 spiro atoms. The molecule has 5 heteroatoms. The fraction of sp³-hybridized carbons (Fsp3) is 0.200. The minimum absolute atomic E-state index is 0.00257. The highest BCUT2D eigenvalue weighted by Gasteiger charge is 2.13. The van der Waals surface area contributed by atoms with Crippen LogP contribution in [0.5, 0.6) is 11.6 Å². The molecule has 0 N–H and O–H groups in total. The van der Waals surface area contributed by atoms with Gasteiger partial charge in [0.05, 0.1) is 5.10 Å². The maximum Gasteiger partial charge on any atom is 0.313 e. The number of nitrogens with zero attached hydrogens (tertiary/aromatic N) is 2. The minimum atomic E-state index is -0.00257. The largest absolute Gasteiger partial charge is 0.593 e. The van der Waals surface area contributed by atoms with Crippen molar-refractivity contribution >= 4 is 17.2 Å². The van der Waals surface area contributed by atoms with Gasteiger partial charge in [-0.15, -0.1) is 0 Å². The molecular weight excluding hydrogens is 276 g/mol. The molecule has 0 aliphatic heterocycles. The molecule has 0 atom stereocenters. The minimum Gasteiger partial charge on any atom is -0.593 e. The van der Waals surface area contributed by atoms with E-state index in [-0.39, 0.29) is 11.0 Å². The smallest absolute Gasteiger partial charge is 0.313 e. The van der Waals surface area contributed by atoms with E-state index in [1.54, 1.807) is 6.07 Å². The van der Waals surface area contributed by atoms with Gasteiger partial charge in [0.25, 0.3) is 5.88 Å². The second kappa shape index (κ2) is 5.92. The van der Waals surface area contributed by atoms with Crippen LogP contribution in [0.1, 0.15) is 19.4 Å². The summed E-state index contributed by atoms with van der Waals surface area (Å²) in [6.45, 7) is 8.19. The van der Waals surface area contributed by atoms with Gasteiger partial charge in [-0.3, -0.25) is 0 Å². The van der Waals surface area contributed by atoms with Crippen molar-refractivity contribution in [1.82, 2.24) is 5.10 Å². The number of benzene rings is 1. The molecule has 1 aromatic carbocycles. The molecule has 4 nitrogen and oxygen atoms in total.